The van der Waals surface area contributed by atoms with Crippen molar-refractivity contribution in [1.82, 2.24) is 5.16 Å². The Balaban J connectivity index is 1.62. The topological polar surface area (TPSA) is 67.2 Å². The van der Waals surface area contributed by atoms with Crippen molar-refractivity contribution in [2.75, 3.05) is 10.6 Å². The maximum atomic E-state index is 12.1. The second kappa shape index (κ2) is 5.60. The number of fused-ring (bicyclic) bond motifs is 1. The minimum Gasteiger partial charge on any atom is -0.374 e. The van der Waals surface area contributed by atoms with Crippen LogP contribution in [0.15, 0.2) is 28.8 Å². The van der Waals surface area contributed by atoms with Gasteiger partial charge in [0, 0.05) is 11.8 Å². The minimum absolute atomic E-state index is 0.135. The Kier molecular flexibility index (Phi) is 3.64. The minimum atomic E-state index is -0.346. The monoisotopic (exact) mass is 285 g/mol. The molecule has 110 valence electrons. The molecule has 5 heteroatoms. The molecule has 1 heterocycles. The molecule has 1 aromatic carbocycles. The van der Waals surface area contributed by atoms with Crippen LogP contribution in [-0.4, -0.2) is 17.1 Å². The number of carbonyl (C=O) groups is 1. The molecular formula is C16H19N3O2. The predicted molar refractivity (Wildman–Crippen MR) is 81.4 cm³/mol. The van der Waals surface area contributed by atoms with Gasteiger partial charge in [0.05, 0.1) is 0 Å². The molecular weight excluding hydrogens is 266 g/mol. The van der Waals surface area contributed by atoms with Gasteiger partial charge in [0.2, 0.25) is 5.91 Å². The second-order valence-corrected chi connectivity index (χ2v) is 5.52. The van der Waals surface area contributed by atoms with E-state index in [0.29, 0.717) is 11.6 Å². The maximum Gasteiger partial charge on any atom is 0.247 e. The van der Waals surface area contributed by atoms with E-state index in [1.165, 1.54) is 17.5 Å². The van der Waals surface area contributed by atoms with Gasteiger partial charge in [0.25, 0.3) is 0 Å². The Morgan fingerprint density at radius 3 is 2.86 bits per heavy atom. The van der Waals surface area contributed by atoms with Gasteiger partial charge in [-0.3, -0.25) is 4.79 Å². The average molecular weight is 285 g/mol. The Bertz CT molecular complexity index is 663. The van der Waals surface area contributed by atoms with E-state index in [9.17, 15) is 4.79 Å². The summed E-state index contributed by atoms with van der Waals surface area (Å²) < 4.78 is 4.93. The van der Waals surface area contributed by atoms with Gasteiger partial charge in [-0.15, -0.1) is 0 Å². The Morgan fingerprint density at radius 1 is 1.29 bits per heavy atom. The highest BCUT2D eigenvalue weighted by molar-refractivity contribution is 5.95. The first kappa shape index (κ1) is 13.7. The number of aryl methyl sites for hydroxylation is 3. The SMILES string of the molecule is Cc1cc(NC(=O)C(C)Nc2ccc3c(c2)CCC3)no1. The molecule has 1 atom stereocenters. The average Bonchev–Trinajstić information content (AvgIpc) is 3.07. The van der Waals surface area contributed by atoms with Gasteiger partial charge in [-0.05, 0) is 56.4 Å². The molecule has 3 rings (SSSR count). The van der Waals surface area contributed by atoms with Gasteiger partial charge >= 0.3 is 0 Å². The number of rotatable bonds is 4. The highest BCUT2D eigenvalue weighted by Crippen LogP contribution is 2.25. The van der Waals surface area contributed by atoms with Gasteiger partial charge < -0.3 is 15.2 Å². The molecule has 1 aliphatic rings. The number of benzene rings is 1. The zero-order valence-corrected chi connectivity index (χ0v) is 12.3. The standard InChI is InChI=1S/C16H19N3O2/c1-10-8-15(19-21-10)18-16(20)11(2)17-14-7-6-12-4-3-5-13(12)9-14/h6-9,11,17H,3-5H2,1-2H3,(H,18,19,20). The zero-order chi connectivity index (χ0) is 14.8. The molecule has 2 aromatic rings. The lowest BCUT2D eigenvalue weighted by Gasteiger charge is -2.15. The predicted octanol–water partition coefficient (Wildman–Crippen LogP) is 2.91. The maximum absolute atomic E-state index is 12.1. The van der Waals surface area contributed by atoms with Crippen LogP contribution >= 0.6 is 0 Å². The van der Waals surface area contributed by atoms with E-state index in [4.69, 9.17) is 4.52 Å². The molecule has 0 bridgehead atoms. The van der Waals surface area contributed by atoms with Crippen LogP contribution in [0.1, 0.15) is 30.2 Å². The first-order chi connectivity index (χ1) is 10.1. The molecule has 5 nitrogen and oxygen atoms in total. The molecule has 0 spiro atoms. The van der Waals surface area contributed by atoms with Crippen LogP contribution < -0.4 is 10.6 Å². The van der Waals surface area contributed by atoms with Crippen molar-refractivity contribution in [1.29, 1.82) is 0 Å². The van der Waals surface area contributed by atoms with Gasteiger partial charge in [-0.1, -0.05) is 11.2 Å². The summed E-state index contributed by atoms with van der Waals surface area (Å²) in [6.45, 7) is 3.62. The van der Waals surface area contributed by atoms with E-state index in [1.54, 1.807) is 13.0 Å². The molecule has 0 radical (unpaired) electrons. The third kappa shape index (κ3) is 3.07. The first-order valence-electron chi connectivity index (χ1n) is 7.24. The highest BCUT2D eigenvalue weighted by atomic mass is 16.5. The lowest BCUT2D eigenvalue weighted by Crippen LogP contribution is -2.32. The Morgan fingerprint density at radius 2 is 2.10 bits per heavy atom. The molecule has 1 amide bonds. The van der Waals surface area contributed by atoms with Gasteiger partial charge in [0.1, 0.15) is 11.8 Å². The first-order valence-corrected chi connectivity index (χ1v) is 7.24. The van der Waals surface area contributed by atoms with Gasteiger partial charge in [-0.2, -0.15) is 0 Å². The van der Waals surface area contributed by atoms with Crippen LogP contribution in [0.25, 0.3) is 0 Å². The molecule has 0 aliphatic heterocycles. The lowest BCUT2D eigenvalue weighted by molar-refractivity contribution is -0.116. The van der Waals surface area contributed by atoms with E-state index in [1.807, 2.05) is 13.0 Å². The van der Waals surface area contributed by atoms with Gasteiger partial charge in [0.15, 0.2) is 5.82 Å². The van der Waals surface area contributed by atoms with E-state index >= 15 is 0 Å². The summed E-state index contributed by atoms with van der Waals surface area (Å²) in [5.74, 6) is 0.980. The van der Waals surface area contributed by atoms with Crippen molar-refractivity contribution < 1.29 is 9.32 Å². The number of amides is 1. The third-order valence-corrected chi connectivity index (χ3v) is 3.75. The second-order valence-electron chi connectivity index (χ2n) is 5.52. The third-order valence-electron chi connectivity index (χ3n) is 3.75. The van der Waals surface area contributed by atoms with Crippen LogP contribution in [0.4, 0.5) is 11.5 Å². The molecule has 1 aromatic heterocycles. The normalized spacial score (nSPS) is 14.6. The summed E-state index contributed by atoms with van der Waals surface area (Å²) in [7, 11) is 0. The van der Waals surface area contributed by atoms with Crippen molar-refractivity contribution in [2.24, 2.45) is 0 Å². The largest absolute Gasteiger partial charge is 0.374 e. The van der Waals surface area contributed by atoms with Crippen LogP contribution in [0.5, 0.6) is 0 Å². The van der Waals surface area contributed by atoms with Crippen molar-refractivity contribution >= 4 is 17.4 Å². The fraction of sp³-hybridized carbons (Fsp3) is 0.375. The number of hydrogen-bond acceptors (Lipinski definition) is 4. The fourth-order valence-corrected chi connectivity index (χ4v) is 2.64. The van der Waals surface area contributed by atoms with E-state index in [0.717, 1.165) is 18.5 Å². The number of anilines is 2. The number of hydrogen-bond donors (Lipinski definition) is 2. The van der Waals surface area contributed by atoms with Crippen molar-refractivity contribution in [3.05, 3.63) is 41.2 Å². The van der Waals surface area contributed by atoms with E-state index < -0.39 is 0 Å². The van der Waals surface area contributed by atoms with E-state index in [-0.39, 0.29) is 11.9 Å². The summed E-state index contributed by atoms with van der Waals surface area (Å²) in [5.41, 5.74) is 3.80. The summed E-state index contributed by atoms with van der Waals surface area (Å²) in [6, 6.07) is 7.68. The number of nitrogens with one attached hydrogen (secondary N) is 2. The number of aromatic nitrogens is 1. The molecule has 21 heavy (non-hydrogen) atoms. The lowest BCUT2D eigenvalue weighted by atomic mass is 10.1. The van der Waals surface area contributed by atoms with E-state index in [2.05, 4.69) is 27.9 Å². The van der Waals surface area contributed by atoms with Crippen LogP contribution in [0.3, 0.4) is 0 Å². The summed E-state index contributed by atoms with van der Waals surface area (Å²) in [5, 5.41) is 9.71. The summed E-state index contributed by atoms with van der Waals surface area (Å²) in [4.78, 5) is 12.1. The summed E-state index contributed by atoms with van der Waals surface area (Å²) >= 11 is 0. The Hall–Kier alpha value is -2.30. The molecule has 0 fully saturated rings. The highest BCUT2D eigenvalue weighted by Gasteiger charge is 2.16. The van der Waals surface area contributed by atoms with Crippen molar-refractivity contribution in [2.45, 2.75) is 39.2 Å². The fourth-order valence-electron chi connectivity index (χ4n) is 2.64. The molecule has 2 N–H and O–H groups in total. The number of carbonyl (C=O) groups excluding carboxylic acids is 1. The van der Waals surface area contributed by atoms with Crippen LogP contribution in [-0.2, 0) is 17.6 Å². The van der Waals surface area contributed by atoms with Crippen molar-refractivity contribution in [3.63, 3.8) is 0 Å². The Labute approximate surface area is 123 Å². The molecule has 0 saturated heterocycles. The quantitative estimate of drug-likeness (QED) is 0.906. The zero-order valence-electron chi connectivity index (χ0n) is 12.3. The van der Waals surface area contributed by atoms with Crippen LogP contribution in [0.2, 0.25) is 0 Å². The summed E-state index contributed by atoms with van der Waals surface area (Å²) in [6.07, 6.45) is 3.52. The molecule has 1 unspecified atom stereocenters. The van der Waals surface area contributed by atoms with Crippen LogP contribution in [0, 0.1) is 6.92 Å². The molecule has 1 aliphatic carbocycles. The van der Waals surface area contributed by atoms with Crippen molar-refractivity contribution in [3.8, 4) is 0 Å². The smallest absolute Gasteiger partial charge is 0.247 e. The van der Waals surface area contributed by atoms with Gasteiger partial charge in [-0.25, -0.2) is 0 Å². The molecule has 0 saturated carbocycles. The number of nitrogens with zero attached hydrogens (tertiary/aromatic N) is 1.